The van der Waals surface area contributed by atoms with Gasteiger partial charge in [-0.15, -0.1) is 0 Å². The van der Waals surface area contributed by atoms with Gasteiger partial charge in [-0.2, -0.15) is 0 Å². The first-order valence-corrected chi connectivity index (χ1v) is 8.28. The lowest BCUT2D eigenvalue weighted by atomic mass is 10.1. The number of hydrogen-bond donors (Lipinski definition) is 1. The Morgan fingerprint density at radius 2 is 2.04 bits per heavy atom. The van der Waals surface area contributed by atoms with Crippen LogP contribution in [0, 0.1) is 5.92 Å². The number of carbonyl (C=O) groups is 2. The fraction of sp³-hybridized carbons (Fsp3) is 0.556. The van der Waals surface area contributed by atoms with Crippen LogP contribution in [0.5, 0.6) is 5.75 Å². The maximum absolute atomic E-state index is 12.5. The first kappa shape index (κ1) is 17.3. The van der Waals surface area contributed by atoms with E-state index >= 15 is 0 Å². The van der Waals surface area contributed by atoms with Crippen LogP contribution < -0.4 is 10.1 Å². The molecule has 5 nitrogen and oxygen atoms in total. The molecule has 1 aliphatic heterocycles. The van der Waals surface area contributed by atoms with Gasteiger partial charge in [0.05, 0.1) is 17.7 Å². The van der Waals surface area contributed by atoms with E-state index < -0.39 is 0 Å². The molecule has 2 unspecified atom stereocenters. The zero-order chi connectivity index (χ0) is 17.0. The SMILES string of the molecule is CCC(C)N1CC(C(=O)Nc2ccccc2OC(C)C)CC1=O. The van der Waals surface area contributed by atoms with Gasteiger partial charge in [0.15, 0.2) is 0 Å². The fourth-order valence-electron chi connectivity index (χ4n) is 2.71. The van der Waals surface area contributed by atoms with Gasteiger partial charge in [0.2, 0.25) is 11.8 Å². The highest BCUT2D eigenvalue weighted by atomic mass is 16.5. The number of nitrogens with zero attached hydrogens (tertiary/aromatic N) is 1. The van der Waals surface area contributed by atoms with E-state index in [-0.39, 0.29) is 36.3 Å². The second-order valence-corrected chi connectivity index (χ2v) is 6.36. The maximum atomic E-state index is 12.5. The van der Waals surface area contributed by atoms with E-state index in [1.54, 1.807) is 4.90 Å². The molecule has 1 aromatic carbocycles. The molecule has 5 heteroatoms. The van der Waals surface area contributed by atoms with Crippen molar-refractivity contribution in [2.24, 2.45) is 5.92 Å². The van der Waals surface area contributed by atoms with Gasteiger partial charge < -0.3 is 15.0 Å². The molecule has 2 atom stereocenters. The summed E-state index contributed by atoms with van der Waals surface area (Å²) in [5.41, 5.74) is 0.653. The lowest BCUT2D eigenvalue weighted by Gasteiger charge is -2.23. The Labute approximate surface area is 138 Å². The summed E-state index contributed by atoms with van der Waals surface area (Å²) < 4.78 is 5.71. The molecular weight excluding hydrogens is 292 g/mol. The molecule has 0 radical (unpaired) electrons. The first-order valence-electron chi connectivity index (χ1n) is 8.28. The molecule has 0 spiro atoms. The van der Waals surface area contributed by atoms with Gasteiger partial charge in [-0.25, -0.2) is 0 Å². The molecule has 0 bridgehead atoms. The fourth-order valence-corrected chi connectivity index (χ4v) is 2.71. The number of rotatable bonds is 6. The Balaban J connectivity index is 2.04. The van der Waals surface area contributed by atoms with E-state index in [9.17, 15) is 9.59 Å². The van der Waals surface area contributed by atoms with Crippen molar-refractivity contribution in [1.82, 2.24) is 4.90 Å². The minimum Gasteiger partial charge on any atom is -0.489 e. The van der Waals surface area contributed by atoms with E-state index in [0.717, 1.165) is 6.42 Å². The molecule has 23 heavy (non-hydrogen) atoms. The van der Waals surface area contributed by atoms with Gasteiger partial charge in [0.1, 0.15) is 5.75 Å². The minimum absolute atomic E-state index is 0.0296. The third-order valence-corrected chi connectivity index (χ3v) is 4.16. The third kappa shape index (κ3) is 4.24. The summed E-state index contributed by atoms with van der Waals surface area (Å²) in [6.45, 7) is 8.44. The van der Waals surface area contributed by atoms with Gasteiger partial charge in [0, 0.05) is 19.0 Å². The molecule has 1 heterocycles. The lowest BCUT2D eigenvalue weighted by Crippen LogP contribution is -2.35. The number of benzene rings is 1. The van der Waals surface area contributed by atoms with Crippen LogP contribution in [-0.2, 0) is 9.59 Å². The zero-order valence-electron chi connectivity index (χ0n) is 14.3. The van der Waals surface area contributed by atoms with Crippen molar-refractivity contribution in [2.75, 3.05) is 11.9 Å². The third-order valence-electron chi connectivity index (χ3n) is 4.16. The van der Waals surface area contributed by atoms with Crippen molar-refractivity contribution in [3.05, 3.63) is 24.3 Å². The van der Waals surface area contributed by atoms with E-state index in [1.807, 2.05) is 52.0 Å². The molecule has 2 rings (SSSR count). The van der Waals surface area contributed by atoms with Crippen molar-refractivity contribution in [2.45, 2.75) is 52.7 Å². The zero-order valence-corrected chi connectivity index (χ0v) is 14.3. The molecule has 1 saturated heterocycles. The lowest BCUT2D eigenvalue weighted by molar-refractivity contribution is -0.129. The quantitative estimate of drug-likeness (QED) is 0.877. The van der Waals surface area contributed by atoms with E-state index in [4.69, 9.17) is 4.74 Å². The second-order valence-electron chi connectivity index (χ2n) is 6.36. The number of nitrogens with one attached hydrogen (secondary N) is 1. The molecule has 0 aliphatic carbocycles. The molecule has 0 aromatic heterocycles. The Morgan fingerprint density at radius 3 is 2.70 bits per heavy atom. The number of carbonyl (C=O) groups excluding carboxylic acids is 2. The summed E-state index contributed by atoms with van der Waals surface area (Å²) in [6, 6.07) is 7.56. The average molecular weight is 318 g/mol. The van der Waals surface area contributed by atoms with Crippen molar-refractivity contribution < 1.29 is 14.3 Å². The van der Waals surface area contributed by atoms with Gasteiger partial charge in [-0.05, 0) is 39.3 Å². The Morgan fingerprint density at radius 1 is 1.35 bits per heavy atom. The topological polar surface area (TPSA) is 58.6 Å². The predicted octanol–water partition coefficient (Wildman–Crippen LogP) is 3.06. The molecular formula is C18H26N2O3. The molecule has 1 fully saturated rings. The summed E-state index contributed by atoms with van der Waals surface area (Å²) in [4.78, 5) is 26.4. The second kappa shape index (κ2) is 7.49. The smallest absolute Gasteiger partial charge is 0.229 e. The molecule has 2 amide bonds. The van der Waals surface area contributed by atoms with Crippen LogP contribution in [0.1, 0.15) is 40.5 Å². The first-order chi connectivity index (χ1) is 10.9. The minimum atomic E-state index is -0.302. The number of ether oxygens (including phenoxy) is 1. The standard InChI is InChI=1S/C18H26N2O3/c1-5-13(4)20-11-14(10-17(20)21)18(22)19-15-8-6-7-9-16(15)23-12(2)3/h6-9,12-14H,5,10-11H2,1-4H3,(H,19,22). The van der Waals surface area contributed by atoms with E-state index in [2.05, 4.69) is 5.32 Å². The number of anilines is 1. The Bertz CT molecular complexity index is 571. The average Bonchev–Trinajstić information content (AvgIpc) is 2.90. The van der Waals surface area contributed by atoms with Crippen LogP contribution in [-0.4, -0.2) is 35.4 Å². The summed E-state index contributed by atoms with van der Waals surface area (Å²) in [7, 11) is 0. The van der Waals surface area contributed by atoms with Gasteiger partial charge in [-0.3, -0.25) is 9.59 Å². The van der Waals surface area contributed by atoms with Crippen LogP contribution in [0.2, 0.25) is 0 Å². The van der Waals surface area contributed by atoms with Crippen LogP contribution in [0.15, 0.2) is 24.3 Å². The highest BCUT2D eigenvalue weighted by molar-refractivity contribution is 5.98. The highest BCUT2D eigenvalue weighted by Crippen LogP contribution is 2.27. The van der Waals surface area contributed by atoms with E-state index in [0.29, 0.717) is 18.0 Å². The molecule has 1 aromatic rings. The van der Waals surface area contributed by atoms with Crippen molar-refractivity contribution in [1.29, 1.82) is 0 Å². The number of para-hydroxylation sites is 2. The van der Waals surface area contributed by atoms with Crippen LogP contribution in [0.3, 0.4) is 0 Å². The number of amides is 2. The van der Waals surface area contributed by atoms with Crippen LogP contribution >= 0.6 is 0 Å². The van der Waals surface area contributed by atoms with Crippen molar-refractivity contribution in [3.8, 4) is 5.75 Å². The molecule has 1 N–H and O–H groups in total. The van der Waals surface area contributed by atoms with Crippen molar-refractivity contribution >= 4 is 17.5 Å². The highest BCUT2D eigenvalue weighted by Gasteiger charge is 2.36. The van der Waals surface area contributed by atoms with Gasteiger partial charge in [-0.1, -0.05) is 19.1 Å². The monoisotopic (exact) mass is 318 g/mol. The molecule has 1 aliphatic rings. The predicted molar refractivity (Wildman–Crippen MR) is 90.4 cm³/mol. The summed E-state index contributed by atoms with van der Waals surface area (Å²) >= 11 is 0. The normalized spacial score (nSPS) is 19.1. The van der Waals surface area contributed by atoms with Gasteiger partial charge >= 0.3 is 0 Å². The van der Waals surface area contributed by atoms with Crippen molar-refractivity contribution in [3.63, 3.8) is 0 Å². The van der Waals surface area contributed by atoms with E-state index in [1.165, 1.54) is 0 Å². The van der Waals surface area contributed by atoms with Crippen LogP contribution in [0.4, 0.5) is 5.69 Å². The number of hydrogen-bond acceptors (Lipinski definition) is 3. The summed E-state index contributed by atoms with van der Waals surface area (Å²) in [5.74, 6) is 0.290. The largest absolute Gasteiger partial charge is 0.489 e. The number of likely N-dealkylation sites (tertiary alicyclic amines) is 1. The van der Waals surface area contributed by atoms with Gasteiger partial charge in [0.25, 0.3) is 0 Å². The maximum Gasteiger partial charge on any atom is 0.229 e. The summed E-state index contributed by atoms with van der Waals surface area (Å²) in [5, 5.41) is 2.91. The molecule has 0 saturated carbocycles. The Kier molecular flexibility index (Phi) is 5.64. The van der Waals surface area contributed by atoms with Crippen LogP contribution in [0.25, 0.3) is 0 Å². The molecule has 126 valence electrons. The Hall–Kier alpha value is -2.04. The summed E-state index contributed by atoms with van der Waals surface area (Å²) in [6.07, 6.45) is 1.20.